The summed E-state index contributed by atoms with van der Waals surface area (Å²) in [5, 5.41) is 9.44. The normalized spacial score (nSPS) is 11.6. The van der Waals surface area contributed by atoms with Crippen LogP contribution in [0.15, 0.2) is 87.1 Å². The Morgan fingerprint density at radius 2 is 1.73 bits per heavy atom. The fourth-order valence-electron chi connectivity index (χ4n) is 2.68. The van der Waals surface area contributed by atoms with E-state index in [1.807, 2.05) is 24.3 Å². The molecule has 0 saturated carbocycles. The minimum atomic E-state index is -3.90. The summed E-state index contributed by atoms with van der Waals surface area (Å²) in [4.78, 5) is -0.279. The fourth-order valence-corrected chi connectivity index (χ4v) is 4.13. The van der Waals surface area contributed by atoms with Crippen molar-refractivity contribution in [2.45, 2.75) is 11.5 Å². The molecule has 0 radical (unpaired) electrons. The van der Waals surface area contributed by atoms with Crippen LogP contribution in [-0.4, -0.2) is 15.5 Å². The molecule has 0 unspecified atom stereocenters. The summed E-state index contributed by atoms with van der Waals surface area (Å²) in [5.41, 5.74) is 1.50. The summed E-state index contributed by atoms with van der Waals surface area (Å²) in [6.45, 7) is 0.352. The van der Waals surface area contributed by atoms with Crippen molar-refractivity contribution < 1.29 is 17.9 Å². The molecule has 0 N–H and O–H groups in total. The Kier molecular flexibility index (Phi) is 6.93. The highest BCUT2D eigenvalue weighted by atomic mass is 79.9. The highest BCUT2D eigenvalue weighted by Crippen LogP contribution is 2.31. The molecule has 0 heterocycles. The zero-order chi connectivity index (χ0) is 21.6. The summed E-state index contributed by atoms with van der Waals surface area (Å²) in [7, 11) is -2.40. The summed E-state index contributed by atoms with van der Waals surface area (Å²) < 4.78 is 37.6. The van der Waals surface area contributed by atoms with E-state index in [2.05, 4.69) is 15.9 Å². The molecule has 0 aromatic heterocycles. The van der Waals surface area contributed by atoms with Crippen molar-refractivity contribution in [1.82, 2.24) is 0 Å². The first-order valence-corrected chi connectivity index (χ1v) is 11.2. The second-order valence-electron chi connectivity index (χ2n) is 6.26. The van der Waals surface area contributed by atoms with Crippen molar-refractivity contribution in [3.63, 3.8) is 0 Å². The Balaban J connectivity index is 1.86. The van der Waals surface area contributed by atoms with Gasteiger partial charge in [0, 0.05) is 4.47 Å². The molecule has 3 rings (SSSR count). The first-order chi connectivity index (χ1) is 14.4. The number of hydrogen-bond donors (Lipinski definition) is 0. The molecular formula is C23H18BrNO4S. The lowest BCUT2D eigenvalue weighted by Gasteiger charge is -2.12. The predicted octanol–water partition coefficient (Wildman–Crippen LogP) is 5.38. The van der Waals surface area contributed by atoms with Gasteiger partial charge < -0.3 is 9.47 Å². The van der Waals surface area contributed by atoms with Gasteiger partial charge in [0.15, 0.2) is 11.5 Å². The second-order valence-corrected chi connectivity index (χ2v) is 9.10. The van der Waals surface area contributed by atoms with E-state index in [0.29, 0.717) is 23.7 Å². The van der Waals surface area contributed by atoms with Gasteiger partial charge in [0.1, 0.15) is 17.6 Å². The molecule has 0 fully saturated rings. The van der Waals surface area contributed by atoms with Gasteiger partial charge in [-0.2, -0.15) is 5.26 Å². The smallest absolute Gasteiger partial charge is 0.216 e. The quantitative estimate of drug-likeness (QED) is 0.421. The molecule has 0 aliphatic carbocycles. The van der Waals surface area contributed by atoms with Crippen molar-refractivity contribution in [2.75, 3.05) is 7.11 Å². The van der Waals surface area contributed by atoms with Gasteiger partial charge in [-0.05, 0) is 53.6 Å². The van der Waals surface area contributed by atoms with E-state index < -0.39 is 9.84 Å². The minimum Gasteiger partial charge on any atom is -0.493 e. The molecule has 30 heavy (non-hydrogen) atoms. The number of nitrogens with zero attached hydrogens (tertiary/aromatic N) is 1. The highest BCUT2D eigenvalue weighted by molar-refractivity contribution is 9.10. The molecule has 0 aliphatic heterocycles. The Bertz CT molecular complexity index is 1200. The molecule has 0 aliphatic rings. The maximum Gasteiger partial charge on any atom is 0.216 e. The second kappa shape index (κ2) is 9.61. The first kappa shape index (κ1) is 21.6. The van der Waals surface area contributed by atoms with Gasteiger partial charge in [-0.3, -0.25) is 0 Å². The van der Waals surface area contributed by atoms with Crippen molar-refractivity contribution in [1.29, 1.82) is 5.26 Å². The number of halogens is 1. The summed E-state index contributed by atoms with van der Waals surface area (Å²) in [5.74, 6) is 0.956. The zero-order valence-electron chi connectivity index (χ0n) is 16.1. The molecule has 5 nitrogen and oxygen atoms in total. The van der Waals surface area contributed by atoms with Gasteiger partial charge in [0.2, 0.25) is 9.84 Å². The van der Waals surface area contributed by atoms with E-state index in [-0.39, 0.29) is 9.80 Å². The van der Waals surface area contributed by atoms with Crippen LogP contribution < -0.4 is 9.47 Å². The Morgan fingerprint density at radius 3 is 2.37 bits per heavy atom. The number of ether oxygens (including phenoxy) is 2. The number of hydrogen-bond acceptors (Lipinski definition) is 5. The van der Waals surface area contributed by atoms with Crippen LogP contribution in [0.1, 0.15) is 11.1 Å². The molecule has 0 amide bonds. The van der Waals surface area contributed by atoms with Crippen LogP contribution in [-0.2, 0) is 16.4 Å². The van der Waals surface area contributed by atoms with Gasteiger partial charge >= 0.3 is 0 Å². The predicted molar refractivity (Wildman–Crippen MR) is 119 cm³/mol. The molecule has 3 aromatic carbocycles. The lowest BCUT2D eigenvalue weighted by molar-refractivity contribution is 0.284. The molecular weight excluding hydrogens is 466 g/mol. The van der Waals surface area contributed by atoms with Crippen molar-refractivity contribution in [3.05, 3.63) is 93.3 Å². The number of rotatable bonds is 7. The van der Waals surface area contributed by atoms with Crippen LogP contribution >= 0.6 is 15.9 Å². The van der Waals surface area contributed by atoms with Crippen LogP contribution in [0.4, 0.5) is 0 Å². The van der Waals surface area contributed by atoms with E-state index in [4.69, 9.17) is 9.47 Å². The van der Waals surface area contributed by atoms with E-state index in [9.17, 15) is 13.7 Å². The minimum absolute atomic E-state index is 0.0687. The lowest BCUT2D eigenvalue weighted by atomic mass is 10.2. The number of sulfone groups is 1. The molecule has 0 saturated heterocycles. The van der Waals surface area contributed by atoms with E-state index >= 15 is 0 Å². The Labute approximate surface area is 184 Å². The van der Waals surface area contributed by atoms with Crippen molar-refractivity contribution in [2.24, 2.45) is 0 Å². The largest absolute Gasteiger partial charge is 0.493 e. The summed E-state index contributed by atoms with van der Waals surface area (Å²) >= 11 is 3.39. The summed E-state index contributed by atoms with van der Waals surface area (Å²) in [6.07, 6.45) is 1.32. The third kappa shape index (κ3) is 5.09. The number of methoxy groups -OCH3 is 1. The molecule has 152 valence electrons. The molecule has 3 aromatic rings. The fraction of sp³-hybridized carbons (Fsp3) is 0.0870. The van der Waals surface area contributed by atoms with Crippen molar-refractivity contribution in [3.8, 4) is 17.6 Å². The number of nitriles is 1. The molecule has 0 atom stereocenters. The van der Waals surface area contributed by atoms with Crippen LogP contribution in [0.25, 0.3) is 6.08 Å². The van der Waals surface area contributed by atoms with Gasteiger partial charge in [-0.1, -0.05) is 52.3 Å². The maximum atomic E-state index is 12.7. The van der Waals surface area contributed by atoms with E-state index in [1.165, 1.54) is 25.3 Å². The van der Waals surface area contributed by atoms with Gasteiger partial charge in [0.25, 0.3) is 0 Å². The van der Waals surface area contributed by atoms with Gasteiger partial charge in [0.05, 0.1) is 12.0 Å². The van der Waals surface area contributed by atoms with E-state index in [1.54, 1.807) is 42.5 Å². The van der Waals surface area contributed by atoms with Gasteiger partial charge in [-0.25, -0.2) is 8.42 Å². The lowest BCUT2D eigenvalue weighted by Crippen LogP contribution is -2.03. The third-order valence-electron chi connectivity index (χ3n) is 4.25. The molecule has 0 spiro atoms. The number of allylic oxidation sites excluding steroid dienone is 1. The van der Waals surface area contributed by atoms with Crippen LogP contribution in [0, 0.1) is 11.3 Å². The van der Waals surface area contributed by atoms with Gasteiger partial charge in [-0.15, -0.1) is 0 Å². The Hall–Kier alpha value is -3.08. The van der Waals surface area contributed by atoms with Crippen LogP contribution in [0.2, 0.25) is 0 Å². The average molecular weight is 484 g/mol. The van der Waals surface area contributed by atoms with Crippen molar-refractivity contribution >= 4 is 31.8 Å². The first-order valence-electron chi connectivity index (χ1n) is 8.91. The third-order valence-corrected chi connectivity index (χ3v) is 6.46. The molecule has 0 bridgehead atoms. The number of benzene rings is 3. The topological polar surface area (TPSA) is 76.4 Å². The summed E-state index contributed by atoms with van der Waals surface area (Å²) in [6, 6.07) is 22.4. The highest BCUT2D eigenvalue weighted by Gasteiger charge is 2.20. The van der Waals surface area contributed by atoms with Crippen LogP contribution in [0.5, 0.6) is 11.5 Å². The molecule has 7 heteroatoms. The average Bonchev–Trinajstić information content (AvgIpc) is 2.77. The zero-order valence-corrected chi connectivity index (χ0v) is 18.5. The standard InChI is InChI=1S/C23H18BrNO4S/c1-28-23-14-18(9-12-22(23)29-16-17-7-10-19(24)11-8-17)13-21(15-25)30(26,27)20-5-3-2-4-6-20/h2-14H,16H2,1H3/b21-13+. The maximum absolute atomic E-state index is 12.7. The van der Waals surface area contributed by atoms with E-state index in [0.717, 1.165) is 10.0 Å². The Morgan fingerprint density at radius 1 is 1.03 bits per heavy atom. The SMILES string of the molecule is COc1cc(/C=C(\C#N)S(=O)(=O)c2ccccc2)ccc1OCc1ccc(Br)cc1. The van der Waals surface area contributed by atoms with Crippen LogP contribution in [0.3, 0.4) is 0 Å². The monoisotopic (exact) mass is 483 g/mol.